The van der Waals surface area contributed by atoms with E-state index in [1.165, 1.54) is 4.90 Å². The normalized spacial score (nSPS) is 16.8. The van der Waals surface area contributed by atoms with Gasteiger partial charge in [-0.1, -0.05) is 88.7 Å². The molecule has 1 unspecified atom stereocenters. The topological polar surface area (TPSA) is 66.8 Å². The molecule has 1 atom stereocenters. The zero-order valence-electron chi connectivity index (χ0n) is 19.2. The molecule has 1 amide bonds. The van der Waals surface area contributed by atoms with Crippen molar-refractivity contribution < 1.29 is 19.4 Å². The molecule has 1 saturated heterocycles. The summed E-state index contributed by atoms with van der Waals surface area (Å²) in [5, 5.41) is 11.3. The van der Waals surface area contributed by atoms with Crippen LogP contribution < -0.4 is 9.64 Å². The zero-order valence-corrected chi connectivity index (χ0v) is 20.8. The monoisotopic (exact) mass is 539 g/mol. The van der Waals surface area contributed by atoms with Crippen molar-refractivity contribution in [2.24, 2.45) is 0 Å². The Morgan fingerprint density at radius 3 is 2.19 bits per heavy atom. The fraction of sp³-hybridized carbons (Fsp3) is 0.0667. The molecule has 5 rings (SSSR count). The Labute approximate surface area is 217 Å². The summed E-state index contributed by atoms with van der Waals surface area (Å²) in [5.41, 5.74) is 2.72. The van der Waals surface area contributed by atoms with E-state index < -0.39 is 17.7 Å². The van der Waals surface area contributed by atoms with E-state index >= 15 is 0 Å². The standard InChI is InChI=1S/C30H22BrNO4/c31-23-16-14-21(15-17-23)28(33)26-27(32(30(35)29(26)34)24-11-5-2-6-12-24)22-10-7-13-25(18-22)36-19-20-8-3-1-4-9-20/h1-18,27,33H,19H2/b28-26-. The summed E-state index contributed by atoms with van der Waals surface area (Å²) >= 11 is 3.39. The lowest BCUT2D eigenvalue weighted by atomic mass is 9.95. The first-order valence-corrected chi connectivity index (χ1v) is 12.2. The molecule has 0 saturated carbocycles. The van der Waals surface area contributed by atoms with E-state index in [2.05, 4.69) is 15.9 Å². The summed E-state index contributed by atoms with van der Waals surface area (Å²) in [5.74, 6) is -1.06. The van der Waals surface area contributed by atoms with Gasteiger partial charge in [-0.05, 0) is 47.5 Å². The summed E-state index contributed by atoms with van der Waals surface area (Å²) in [4.78, 5) is 28.0. The van der Waals surface area contributed by atoms with Crippen molar-refractivity contribution in [3.8, 4) is 5.75 Å². The maximum atomic E-state index is 13.3. The van der Waals surface area contributed by atoms with E-state index in [9.17, 15) is 14.7 Å². The Hall–Kier alpha value is -4.16. The number of hydrogen-bond donors (Lipinski definition) is 1. The molecule has 1 fully saturated rings. The molecule has 0 bridgehead atoms. The molecular weight excluding hydrogens is 518 g/mol. The van der Waals surface area contributed by atoms with Gasteiger partial charge in [0.15, 0.2) is 0 Å². The largest absolute Gasteiger partial charge is 0.507 e. The third kappa shape index (κ3) is 4.68. The number of carbonyl (C=O) groups excluding carboxylic acids is 2. The van der Waals surface area contributed by atoms with Crippen molar-refractivity contribution in [3.05, 3.63) is 136 Å². The minimum atomic E-state index is -0.823. The highest BCUT2D eigenvalue weighted by Gasteiger charge is 2.47. The average molecular weight is 540 g/mol. The Morgan fingerprint density at radius 2 is 1.50 bits per heavy atom. The van der Waals surface area contributed by atoms with Gasteiger partial charge in [-0.25, -0.2) is 0 Å². The number of ketones is 1. The lowest BCUT2D eigenvalue weighted by molar-refractivity contribution is -0.132. The fourth-order valence-electron chi connectivity index (χ4n) is 4.28. The number of carbonyl (C=O) groups is 2. The van der Waals surface area contributed by atoms with Crippen molar-refractivity contribution in [1.82, 2.24) is 0 Å². The van der Waals surface area contributed by atoms with Crippen LogP contribution in [0.15, 0.2) is 119 Å². The zero-order chi connectivity index (χ0) is 25.1. The van der Waals surface area contributed by atoms with Gasteiger partial charge < -0.3 is 9.84 Å². The van der Waals surface area contributed by atoms with Crippen molar-refractivity contribution in [3.63, 3.8) is 0 Å². The number of nitrogens with zero attached hydrogens (tertiary/aromatic N) is 1. The number of aliphatic hydroxyl groups is 1. The Balaban J connectivity index is 1.60. The second kappa shape index (κ2) is 10.2. The maximum Gasteiger partial charge on any atom is 0.300 e. The number of para-hydroxylation sites is 1. The number of rotatable bonds is 6. The first-order valence-electron chi connectivity index (χ1n) is 11.4. The lowest BCUT2D eigenvalue weighted by Gasteiger charge is -2.25. The number of amides is 1. The van der Waals surface area contributed by atoms with Crippen LogP contribution in [0.1, 0.15) is 22.7 Å². The quantitative estimate of drug-likeness (QED) is 0.169. The Kier molecular flexibility index (Phi) is 6.69. The molecule has 6 heteroatoms. The van der Waals surface area contributed by atoms with Crippen LogP contribution in [0.2, 0.25) is 0 Å². The summed E-state index contributed by atoms with van der Waals surface area (Å²) in [6.07, 6.45) is 0. The van der Waals surface area contributed by atoms with Gasteiger partial charge in [0.2, 0.25) is 0 Å². The van der Waals surface area contributed by atoms with E-state index in [0.29, 0.717) is 29.2 Å². The molecule has 1 aliphatic rings. The number of anilines is 1. The molecule has 0 aliphatic carbocycles. The first-order chi connectivity index (χ1) is 17.5. The molecule has 178 valence electrons. The molecule has 0 radical (unpaired) electrons. The van der Waals surface area contributed by atoms with E-state index in [1.807, 2.05) is 60.7 Å². The van der Waals surface area contributed by atoms with Crippen LogP contribution in [0.25, 0.3) is 5.76 Å². The van der Waals surface area contributed by atoms with Crippen LogP contribution in [0.4, 0.5) is 5.69 Å². The Bertz CT molecular complexity index is 1430. The van der Waals surface area contributed by atoms with Crippen molar-refractivity contribution in [2.75, 3.05) is 4.90 Å². The fourth-order valence-corrected chi connectivity index (χ4v) is 4.55. The van der Waals surface area contributed by atoms with Gasteiger partial charge in [-0.3, -0.25) is 14.5 Å². The summed E-state index contributed by atoms with van der Waals surface area (Å²) in [6, 6.07) is 32.2. The molecule has 5 nitrogen and oxygen atoms in total. The van der Waals surface area contributed by atoms with Crippen LogP contribution in [0.3, 0.4) is 0 Å². The van der Waals surface area contributed by atoms with Gasteiger partial charge in [-0.2, -0.15) is 0 Å². The number of benzene rings is 4. The highest BCUT2D eigenvalue weighted by molar-refractivity contribution is 9.10. The van der Waals surface area contributed by atoms with Crippen LogP contribution in [0, 0.1) is 0 Å². The first kappa shape index (κ1) is 23.6. The van der Waals surface area contributed by atoms with Crippen LogP contribution >= 0.6 is 15.9 Å². The van der Waals surface area contributed by atoms with Crippen molar-refractivity contribution >= 4 is 39.1 Å². The second-order valence-electron chi connectivity index (χ2n) is 8.36. The number of ether oxygens (including phenoxy) is 1. The summed E-state index contributed by atoms with van der Waals surface area (Å²) in [6.45, 7) is 0.377. The summed E-state index contributed by atoms with van der Waals surface area (Å²) < 4.78 is 6.84. The molecule has 0 spiro atoms. The van der Waals surface area contributed by atoms with Crippen LogP contribution in [-0.4, -0.2) is 16.8 Å². The number of Topliss-reactive ketones (excluding diaryl/α,β-unsaturated/α-hetero) is 1. The smallest absolute Gasteiger partial charge is 0.300 e. The molecule has 4 aromatic rings. The molecule has 4 aromatic carbocycles. The predicted octanol–water partition coefficient (Wildman–Crippen LogP) is 6.65. The third-order valence-corrected chi connectivity index (χ3v) is 6.55. The van der Waals surface area contributed by atoms with E-state index in [1.54, 1.807) is 48.5 Å². The minimum absolute atomic E-state index is 0.0337. The maximum absolute atomic E-state index is 13.3. The van der Waals surface area contributed by atoms with E-state index in [0.717, 1.165) is 10.0 Å². The second-order valence-corrected chi connectivity index (χ2v) is 9.27. The molecular formula is C30H22BrNO4. The van der Waals surface area contributed by atoms with Crippen molar-refractivity contribution in [2.45, 2.75) is 12.6 Å². The number of hydrogen-bond acceptors (Lipinski definition) is 4. The molecule has 1 aliphatic heterocycles. The van der Waals surface area contributed by atoms with Gasteiger partial charge in [0.25, 0.3) is 11.7 Å². The molecule has 1 N–H and O–H groups in total. The Morgan fingerprint density at radius 1 is 0.833 bits per heavy atom. The van der Waals surface area contributed by atoms with Crippen molar-refractivity contribution in [1.29, 1.82) is 0 Å². The third-order valence-electron chi connectivity index (χ3n) is 6.02. The van der Waals surface area contributed by atoms with E-state index in [4.69, 9.17) is 4.74 Å². The number of halogens is 1. The lowest BCUT2D eigenvalue weighted by Crippen LogP contribution is -2.29. The van der Waals surface area contributed by atoms with Crippen LogP contribution in [0.5, 0.6) is 5.75 Å². The minimum Gasteiger partial charge on any atom is -0.507 e. The average Bonchev–Trinajstić information content (AvgIpc) is 3.19. The molecule has 36 heavy (non-hydrogen) atoms. The van der Waals surface area contributed by atoms with Gasteiger partial charge >= 0.3 is 0 Å². The predicted molar refractivity (Wildman–Crippen MR) is 143 cm³/mol. The summed E-state index contributed by atoms with van der Waals surface area (Å²) in [7, 11) is 0. The molecule has 1 heterocycles. The highest BCUT2D eigenvalue weighted by atomic mass is 79.9. The van der Waals surface area contributed by atoms with Gasteiger partial charge in [-0.15, -0.1) is 0 Å². The van der Waals surface area contributed by atoms with Crippen LogP contribution in [-0.2, 0) is 16.2 Å². The number of aliphatic hydroxyl groups excluding tert-OH is 1. The van der Waals surface area contributed by atoms with Gasteiger partial charge in [0.05, 0.1) is 11.6 Å². The van der Waals surface area contributed by atoms with Gasteiger partial charge in [0, 0.05) is 15.7 Å². The molecule has 0 aromatic heterocycles. The SMILES string of the molecule is O=C1C(=O)N(c2ccccc2)C(c2cccc(OCc3ccccc3)c2)/C1=C(/O)c1ccc(Br)cc1. The van der Waals surface area contributed by atoms with Gasteiger partial charge in [0.1, 0.15) is 18.1 Å². The van der Waals surface area contributed by atoms with E-state index in [-0.39, 0.29) is 11.3 Å². The highest BCUT2D eigenvalue weighted by Crippen LogP contribution is 2.42.